The molecular formula is C18H27FN2. The van der Waals surface area contributed by atoms with E-state index in [2.05, 4.69) is 24.2 Å². The molecule has 2 nitrogen and oxygen atoms in total. The van der Waals surface area contributed by atoms with Crippen LogP contribution in [0.5, 0.6) is 0 Å². The Hall–Kier alpha value is -1.09. The van der Waals surface area contributed by atoms with Crippen molar-refractivity contribution in [2.24, 2.45) is 11.3 Å². The van der Waals surface area contributed by atoms with Crippen LogP contribution in [0.15, 0.2) is 18.2 Å². The van der Waals surface area contributed by atoms with E-state index in [1.807, 2.05) is 6.07 Å². The number of nitrogens with one attached hydrogen (secondary N) is 1. The van der Waals surface area contributed by atoms with Crippen molar-refractivity contribution in [2.45, 2.75) is 39.0 Å². The molecular weight excluding hydrogens is 263 g/mol. The van der Waals surface area contributed by atoms with Gasteiger partial charge in [0.05, 0.1) is 0 Å². The lowest BCUT2D eigenvalue weighted by Gasteiger charge is -2.43. The molecule has 1 fully saturated rings. The van der Waals surface area contributed by atoms with Crippen molar-refractivity contribution >= 4 is 5.69 Å². The fourth-order valence-corrected chi connectivity index (χ4v) is 4.49. The van der Waals surface area contributed by atoms with Crippen LogP contribution in [0.2, 0.25) is 0 Å². The molecule has 1 aliphatic heterocycles. The van der Waals surface area contributed by atoms with Crippen LogP contribution in [-0.2, 0) is 6.42 Å². The molecule has 2 unspecified atom stereocenters. The number of benzene rings is 1. The molecule has 1 saturated carbocycles. The number of fused-ring (bicyclic) bond motifs is 1. The van der Waals surface area contributed by atoms with Gasteiger partial charge in [-0.05, 0) is 49.9 Å². The van der Waals surface area contributed by atoms with Crippen LogP contribution in [0, 0.1) is 17.2 Å². The van der Waals surface area contributed by atoms with E-state index in [0.717, 1.165) is 37.7 Å². The van der Waals surface area contributed by atoms with Gasteiger partial charge in [0.1, 0.15) is 5.82 Å². The summed E-state index contributed by atoms with van der Waals surface area (Å²) in [6.45, 7) is 5.55. The van der Waals surface area contributed by atoms with Gasteiger partial charge in [-0.25, -0.2) is 4.39 Å². The molecule has 3 heteroatoms. The van der Waals surface area contributed by atoms with Crippen LogP contribution in [-0.4, -0.2) is 26.7 Å². The molecule has 1 heterocycles. The van der Waals surface area contributed by atoms with Gasteiger partial charge in [-0.3, -0.25) is 0 Å². The van der Waals surface area contributed by atoms with Gasteiger partial charge >= 0.3 is 0 Å². The molecule has 0 saturated heterocycles. The SMILES string of the molecule is CNCC1(CN2CCc3ccc(F)cc32)CCCC(C)C1. The maximum Gasteiger partial charge on any atom is 0.125 e. The largest absolute Gasteiger partial charge is 0.370 e. The van der Waals surface area contributed by atoms with E-state index in [1.165, 1.54) is 31.2 Å². The minimum atomic E-state index is -0.111. The normalized spacial score (nSPS) is 28.7. The molecule has 0 aromatic heterocycles. The molecule has 0 bridgehead atoms. The summed E-state index contributed by atoms with van der Waals surface area (Å²) in [6.07, 6.45) is 6.32. The van der Waals surface area contributed by atoms with Crippen LogP contribution in [0.4, 0.5) is 10.1 Å². The number of hydrogen-bond acceptors (Lipinski definition) is 2. The maximum atomic E-state index is 13.6. The molecule has 116 valence electrons. The average Bonchev–Trinajstić information content (AvgIpc) is 2.81. The Morgan fingerprint density at radius 2 is 2.29 bits per heavy atom. The van der Waals surface area contributed by atoms with Crippen molar-refractivity contribution < 1.29 is 4.39 Å². The first-order valence-corrected chi connectivity index (χ1v) is 8.30. The van der Waals surface area contributed by atoms with Crippen LogP contribution < -0.4 is 10.2 Å². The summed E-state index contributed by atoms with van der Waals surface area (Å²) in [7, 11) is 2.05. The van der Waals surface area contributed by atoms with Gasteiger partial charge in [-0.1, -0.05) is 25.8 Å². The molecule has 2 atom stereocenters. The highest BCUT2D eigenvalue weighted by Crippen LogP contribution is 2.41. The molecule has 3 rings (SSSR count). The smallest absolute Gasteiger partial charge is 0.125 e. The zero-order chi connectivity index (χ0) is 14.9. The van der Waals surface area contributed by atoms with Crippen LogP contribution in [0.25, 0.3) is 0 Å². The van der Waals surface area contributed by atoms with Crippen molar-refractivity contribution in [1.82, 2.24) is 5.32 Å². The van der Waals surface area contributed by atoms with Gasteiger partial charge < -0.3 is 10.2 Å². The Labute approximate surface area is 127 Å². The third-order valence-electron chi connectivity index (χ3n) is 5.30. The summed E-state index contributed by atoms with van der Waals surface area (Å²) in [6, 6.07) is 5.27. The standard InChI is InChI=1S/C18H27FN2/c1-14-4-3-8-18(11-14,12-20-2)13-21-9-7-15-5-6-16(19)10-17(15)21/h5-6,10,14,20H,3-4,7-9,11-13H2,1-2H3. The molecule has 1 aromatic rings. The highest BCUT2D eigenvalue weighted by molar-refractivity contribution is 5.58. The van der Waals surface area contributed by atoms with Gasteiger partial charge in [0.2, 0.25) is 0 Å². The summed E-state index contributed by atoms with van der Waals surface area (Å²) in [5.74, 6) is 0.696. The number of anilines is 1. The molecule has 1 N–H and O–H groups in total. The predicted molar refractivity (Wildman–Crippen MR) is 86.3 cm³/mol. The molecule has 0 spiro atoms. The van der Waals surface area contributed by atoms with Gasteiger partial charge in [0.15, 0.2) is 0 Å². The molecule has 1 aliphatic carbocycles. The van der Waals surface area contributed by atoms with E-state index in [1.54, 1.807) is 12.1 Å². The first-order valence-electron chi connectivity index (χ1n) is 8.30. The van der Waals surface area contributed by atoms with Gasteiger partial charge in [0.25, 0.3) is 0 Å². The van der Waals surface area contributed by atoms with E-state index < -0.39 is 0 Å². The van der Waals surface area contributed by atoms with Crippen molar-refractivity contribution in [2.75, 3.05) is 31.6 Å². The van der Waals surface area contributed by atoms with Crippen molar-refractivity contribution in [1.29, 1.82) is 0 Å². The number of rotatable bonds is 4. The second-order valence-electron chi connectivity index (χ2n) is 7.18. The topological polar surface area (TPSA) is 15.3 Å². The van der Waals surface area contributed by atoms with E-state index in [-0.39, 0.29) is 5.82 Å². The summed E-state index contributed by atoms with van der Waals surface area (Å²) in [4.78, 5) is 2.42. The van der Waals surface area contributed by atoms with Crippen molar-refractivity contribution in [3.8, 4) is 0 Å². The fourth-order valence-electron chi connectivity index (χ4n) is 4.49. The summed E-state index contributed by atoms with van der Waals surface area (Å²) in [5, 5.41) is 3.41. The number of hydrogen-bond donors (Lipinski definition) is 1. The average molecular weight is 290 g/mol. The Morgan fingerprint density at radius 3 is 3.05 bits per heavy atom. The first-order chi connectivity index (χ1) is 10.1. The Bertz CT molecular complexity index is 498. The quantitative estimate of drug-likeness (QED) is 0.911. The van der Waals surface area contributed by atoms with E-state index in [4.69, 9.17) is 0 Å². The van der Waals surface area contributed by atoms with Crippen LogP contribution in [0.1, 0.15) is 38.2 Å². The maximum absolute atomic E-state index is 13.6. The first kappa shape index (κ1) is 14.8. The van der Waals surface area contributed by atoms with E-state index in [9.17, 15) is 4.39 Å². The lowest BCUT2D eigenvalue weighted by molar-refractivity contribution is 0.151. The molecule has 0 radical (unpaired) electrons. The van der Waals surface area contributed by atoms with Gasteiger partial charge in [-0.2, -0.15) is 0 Å². The lowest BCUT2D eigenvalue weighted by Crippen LogP contribution is -2.45. The lowest BCUT2D eigenvalue weighted by atomic mass is 9.69. The number of nitrogens with zero attached hydrogens (tertiary/aromatic N) is 1. The minimum Gasteiger partial charge on any atom is -0.370 e. The molecule has 0 amide bonds. The second-order valence-corrected chi connectivity index (χ2v) is 7.18. The second kappa shape index (κ2) is 5.96. The zero-order valence-corrected chi connectivity index (χ0v) is 13.3. The predicted octanol–water partition coefficient (Wildman–Crippen LogP) is 3.60. The fraction of sp³-hybridized carbons (Fsp3) is 0.667. The molecule has 1 aromatic carbocycles. The summed E-state index contributed by atoms with van der Waals surface area (Å²) < 4.78 is 13.6. The highest BCUT2D eigenvalue weighted by atomic mass is 19.1. The van der Waals surface area contributed by atoms with Gasteiger partial charge in [-0.15, -0.1) is 0 Å². The molecule has 2 aliphatic rings. The molecule has 21 heavy (non-hydrogen) atoms. The van der Waals surface area contributed by atoms with Gasteiger partial charge in [0, 0.05) is 30.7 Å². The summed E-state index contributed by atoms with van der Waals surface area (Å²) >= 11 is 0. The van der Waals surface area contributed by atoms with E-state index in [0.29, 0.717) is 5.41 Å². The summed E-state index contributed by atoms with van der Waals surface area (Å²) in [5.41, 5.74) is 2.78. The Kier molecular flexibility index (Phi) is 4.21. The van der Waals surface area contributed by atoms with Crippen molar-refractivity contribution in [3.63, 3.8) is 0 Å². The van der Waals surface area contributed by atoms with E-state index >= 15 is 0 Å². The van der Waals surface area contributed by atoms with Crippen LogP contribution in [0.3, 0.4) is 0 Å². The monoisotopic (exact) mass is 290 g/mol. The Balaban J connectivity index is 1.80. The number of halogens is 1. The highest BCUT2D eigenvalue weighted by Gasteiger charge is 2.37. The Morgan fingerprint density at radius 1 is 1.43 bits per heavy atom. The third kappa shape index (κ3) is 3.08. The minimum absolute atomic E-state index is 0.111. The van der Waals surface area contributed by atoms with Crippen LogP contribution >= 0.6 is 0 Å². The van der Waals surface area contributed by atoms with Crippen molar-refractivity contribution in [3.05, 3.63) is 29.6 Å². The third-order valence-corrected chi connectivity index (χ3v) is 5.30. The zero-order valence-electron chi connectivity index (χ0n) is 13.3.